The van der Waals surface area contributed by atoms with Crippen molar-refractivity contribution < 1.29 is 4.39 Å². The Hall–Kier alpha value is -1.68. The molecule has 0 amide bonds. The van der Waals surface area contributed by atoms with Crippen LogP contribution in [0.4, 0.5) is 4.39 Å². The van der Waals surface area contributed by atoms with Gasteiger partial charge in [-0.3, -0.25) is 4.68 Å². The number of nitrogens with two attached hydrogens (primary N) is 1. The lowest BCUT2D eigenvalue weighted by atomic mass is 9.93. The van der Waals surface area contributed by atoms with Crippen LogP contribution in [-0.4, -0.2) is 9.78 Å². The quantitative estimate of drug-likeness (QED) is 0.923. The highest BCUT2D eigenvalue weighted by molar-refractivity contribution is 5.40. The molecule has 1 aromatic heterocycles. The molecule has 0 spiro atoms. The molecule has 0 aliphatic rings. The maximum Gasteiger partial charge on any atom is 0.128 e. The van der Waals surface area contributed by atoms with Crippen LogP contribution >= 0.6 is 0 Å². The highest BCUT2D eigenvalue weighted by Crippen LogP contribution is 2.28. The number of benzene rings is 1. The lowest BCUT2D eigenvalue weighted by Gasteiger charge is -2.16. The lowest BCUT2D eigenvalue weighted by Crippen LogP contribution is -2.16. The summed E-state index contributed by atoms with van der Waals surface area (Å²) >= 11 is 0. The molecule has 1 heterocycles. The molecule has 19 heavy (non-hydrogen) atoms. The van der Waals surface area contributed by atoms with Gasteiger partial charge in [0.1, 0.15) is 5.82 Å². The third-order valence-electron chi connectivity index (χ3n) is 3.40. The first-order valence-electron chi connectivity index (χ1n) is 6.48. The maximum atomic E-state index is 14.2. The fraction of sp³-hybridized carbons (Fsp3) is 0.400. The average molecular weight is 261 g/mol. The van der Waals surface area contributed by atoms with Gasteiger partial charge in [0, 0.05) is 24.4 Å². The summed E-state index contributed by atoms with van der Waals surface area (Å²) in [6.07, 6.45) is 2.67. The van der Waals surface area contributed by atoms with Crippen LogP contribution in [-0.2, 0) is 13.5 Å². The number of rotatable bonds is 3. The summed E-state index contributed by atoms with van der Waals surface area (Å²) in [4.78, 5) is 0. The standard InChI is InChI=1S/C15H20FN3/c1-5-13-11(8-19(4)18-13)15(17)14-10(3)6-9(2)7-12(14)16/h6-8,15H,5,17H2,1-4H3. The Kier molecular flexibility index (Phi) is 3.71. The minimum atomic E-state index is -0.468. The fourth-order valence-corrected chi connectivity index (χ4v) is 2.56. The van der Waals surface area contributed by atoms with Crippen LogP contribution in [0.5, 0.6) is 0 Å². The van der Waals surface area contributed by atoms with Gasteiger partial charge in [0.15, 0.2) is 0 Å². The van der Waals surface area contributed by atoms with Gasteiger partial charge in [-0.2, -0.15) is 5.10 Å². The predicted molar refractivity (Wildman–Crippen MR) is 74.5 cm³/mol. The van der Waals surface area contributed by atoms with Crippen LogP contribution in [0.25, 0.3) is 0 Å². The summed E-state index contributed by atoms with van der Waals surface area (Å²) in [5.74, 6) is -0.240. The zero-order chi connectivity index (χ0) is 14.2. The van der Waals surface area contributed by atoms with E-state index in [-0.39, 0.29) is 5.82 Å². The molecule has 2 N–H and O–H groups in total. The Labute approximate surface area is 113 Å². The molecule has 1 unspecified atom stereocenters. The maximum absolute atomic E-state index is 14.2. The van der Waals surface area contributed by atoms with E-state index in [0.29, 0.717) is 5.56 Å². The van der Waals surface area contributed by atoms with Crippen LogP contribution in [0.1, 0.15) is 40.9 Å². The first kappa shape index (κ1) is 13.7. The molecule has 0 bridgehead atoms. The van der Waals surface area contributed by atoms with Crippen molar-refractivity contribution >= 4 is 0 Å². The summed E-state index contributed by atoms with van der Waals surface area (Å²) < 4.78 is 15.9. The summed E-state index contributed by atoms with van der Waals surface area (Å²) in [6.45, 7) is 5.80. The van der Waals surface area contributed by atoms with E-state index in [4.69, 9.17) is 5.73 Å². The Morgan fingerprint density at radius 2 is 2.05 bits per heavy atom. The van der Waals surface area contributed by atoms with E-state index < -0.39 is 6.04 Å². The molecule has 0 fully saturated rings. The second kappa shape index (κ2) is 5.13. The van der Waals surface area contributed by atoms with Crippen LogP contribution in [0.3, 0.4) is 0 Å². The molecule has 1 atom stereocenters. The molecular weight excluding hydrogens is 241 g/mol. The van der Waals surface area contributed by atoms with Crippen molar-refractivity contribution in [2.75, 3.05) is 0 Å². The Balaban J connectivity index is 2.52. The second-order valence-electron chi connectivity index (χ2n) is 5.01. The van der Waals surface area contributed by atoms with Gasteiger partial charge in [-0.05, 0) is 37.5 Å². The van der Waals surface area contributed by atoms with Crippen molar-refractivity contribution in [1.82, 2.24) is 9.78 Å². The molecule has 0 aliphatic heterocycles. The van der Waals surface area contributed by atoms with Crippen molar-refractivity contribution in [2.24, 2.45) is 12.8 Å². The van der Waals surface area contributed by atoms with E-state index in [1.165, 1.54) is 6.07 Å². The third kappa shape index (κ3) is 2.54. The van der Waals surface area contributed by atoms with E-state index in [9.17, 15) is 4.39 Å². The monoisotopic (exact) mass is 261 g/mol. The number of halogens is 1. The fourth-order valence-electron chi connectivity index (χ4n) is 2.56. The predicted octanol–water partition coefficient (Wildman–Crippen LogP) is 2.79. The first-order valence-corrected chi connectivity index (χ1v) is 6.48. The van der Waals surface area contributed by atoms with Crippen molar-refractivity contribution in [2.45, 2.75) is 33.2 Å². The number of hydrogen-bond acceptors (Lipinski definition) is 2. The molecule has 2 rings (SSSR count). The first-order chi connectivity index (χ1) is 8.93. The molecule has 4 heteroatoms. The summed E-state index contributed by atoms with van der Waals surface area (Å²) in [6, 6.07) is 3.02. The topological polar surface area (TPSA) is 43.8 Å². The van der Waals surface area contributed by atoms with E-state index >= 15 is 0 Å². The summed E-state index contributed by atoms with van der Waals surface area (Å²) in [7, 11) is 1.85. The van der Waals surface area contributed by atoms with E-state index in [1.54, 1.807) is 4.68 Å². The number of aromatic nitrogens is 2. The smallest absolute Gasteiger partial charge is 0.128 e. The van der Waals surface area contributed by atoms with Gasteiger partial charge >= 0.3 is 0 Å². The zero-order valence-corrected chi connectivity index (χ0v) is 11.9. The van der Waals surface area contributed by atoms with Gasteiger partial charge in [-0.15, -0.1) is 0 Å². The molecule has 0 saturated carbocycles. The molecule has 0 saturated heterocycles. The van der Waals surface area contributed by atoms with E-state index in [0.717, 1.165) is 28.8 Å². The van der Waals surface area contributed by atoms with Gasteiger partial charge in [0.25, 0.3) is 0 Å². The van der Waals surface area contributed by atoms with E-state index in [2.05, 4.69) is 5.10 Å². The highest BCUT2D eigenvalue weighted by Gasteiger charge is 2.21. The number of aryl methyl sites for hydroxylation is 4. The average Bonchev–Trinajstić information content (AvgIpc) is 2.69. The van der Waals surface area contributed by atoms with Crippen molar-refractivity contribution in [3.05, 3.63) is 52.1 Å². The van der Waals surface area contributed by atoms with Crippen molar-refractivity contribution in [3.63, 3.8) is 0 Å². The van der Waals surface area contributed by atoms with Gasteiger partial charge in [0.05, 0.1) is 11.7 Å². The van der Waals surface area contributed by atoms with Crippen LogP contribution in [0.15, 0.2) is 18.3 Å². The van der Waals surface area contributed by atoms with Crippen LogP contribution in [0.2, 0.25) is 0 Å². The molecule has 102 valence electrons. The molecule has 2 aromatic rings. The van der Waals surface area contributed by atoms with Gasteiger partial charge in [-0.1, -0.05) is 13.0 Å². The minimum Gasteiger partial charge on any atom is -0.320 e. The Bertz CT molecular complexity index is 578. The number of hydrogen-bond donors (Lipinski definition) is 1. The summed E-state index contributed by atoms with van der Waals surface area (Å²) in [5, 5.41) is 4.37. The van der Waals surface area contributed by atoms with Gasteiger partial charge in [0.2, 0.25) is 0 Å². The Morgan fingerprint density at radius 1 is 1.37 bits per heavy atom. The summed E-state index contributed by atoms with van der Waals surface area (Å²) in [5.41, 5.74) is 10.4. The SMILES string of the molecule is CCc1nn(C)cc1C(N)c1c(C)cc(C)cc1F. The van der Waals surface area contributed by atoms with Crippen LogP contribution < -0.4 is 5.73 Å². The van der Waals surface area contributed by atoms with Gasteiger partial charge in [-0.25, -0.2) is 4.39 Å². The van der Waals surface area contributed by atoms with Crippen molar-refractivity contribution in [3.8, 4) is 0 Å². The molecule has 0 aliphatic carbocycles. The van der Waals surface area contributed by atoms with E-state index in [1.807, 2.05) is 40.1 Å². The third-order valence-corrected chi connectivity index (χ3v) is 3.40. The van der Waals surface area contributed by atoms with Crippen molar-refractivity contribution in [1.29, 1.82) is 0 Å². The number of nitrogens with zero attached hydrogens (tertiary/aromatic N) is 2. The molecule has 3 nitrogen and oxygen atoms in total. The molecule has 1 aromatic carbocycles. The van der Waals surface area contributed by atoms with Crippen LogP contribution in [0, 0.1) is 19.7 Å². The molecule has 0 radical (unpaired) electrons. The normalized spacial score (nSPS) is 12.7. The Morgan fingerprint density at radius 3 is 2.63 bits per heavy atom. The largest absolute Gasteiger partial charge is 0.320 e. The highest BCUT2D eigenvalue weighted by atomic mass is 19.1. The second-order valence-corrected chi connectivity index (χ2v) is 5.01. The van der Waals surface area contributed by atoms with Gasteiger partial charge < -0.3 is 5.73 Å². The zero-order valence-electron chi connectivity index (χ0n) is 11.9. The minimum absolute atomic E-state index is 0.240. The lowest BCUT2D eigenvalue weighted by molar-refractivity contribution is 0.595. The molecular formula is C15H20FN3.